The van der Waals surface area contributed by atoms with Gasteiger partial charge in [0, 0.05) is 17.0 Å². The zero-order valence-electron chi connectivity index (χ0n) is 19.0. The van der Waals surface area contributed by atoms with Crippen molar-refractivity contribution in [1.29, 1.82) is 0 Å². The number of rotatable bonds is 3. The first-order valence-corrected chi connectivity index (χ1v) is 10.2. The summed E-state index contributed by atoms with van der Waals surface area (Å²) in [4.78, 5) is 25.5. The highest BCUT2D eigenvalue weighted by atomic mass is 16.3. The van der Waals surface area contributed by atoms with Crippen LogP contribution in [0.2, 0.25) is 0 Å². The van der Waals surface area contributed by atoms with Crippen molar-refractivity contribution >= 4 is 0 Å². The van der Waals surface area contributed by atoms with Gasteiger partial charge in [-0.3, -0.25) is 19.8 Å². The number of aromatic hydroxyl groups is 1. The molecular formula is C23H32N4O3. The Labute approximate surface area is 175 Å². The fourth-order valence-electron chi connectivity index (χ4n) is 3.94. The van der Waals surface area contributed by atoms with E-state index in [1.807, 2.05) is 32.9 Å². The van der Waals surface area contributed by atoms with E-state index in [0.29, 0.717) is 28.1 Å². The molecule has 2 aromatic heterocycles. The van der Waals surface area contributed by atoms with Gasteiger partial charge in [0.2, 0.25) is 0 Å². The van der Waals surface area contributed by atoms with Gasteiger partial charge in [-0.2, -0.15) is 0 Å². The van der Waals surface area contributed by atoms with Gasteiger partial charge in [0.05, 0.1) is 17.0 Å². The number of nitrogens with one attached hydrogen (secondary N) is 4. The first-order chi connectivity index (χ1) is 13.7. The maximum Gasteiger partial charge on any atom is 0.268 e. The van der Waals surface area contributed by atoms with E-state index in [2.05, 4.69) is 41.2 Å². The molecule has 0 bridgehead atoms. The van der Waals surface area contributed by atoms with Crippen molar-refractivity contribution in [1.82, 2.24) is 20.4 Å². The normalized spacial score (nSPS) is 12.7. The summed E-state index contributed by atoms with van der Waals surface area (Å²) in [6, 6.07) is 3.95. The van der Waals surface area contributed by atoms with Crippen molar-refractivity contribution in [2.24, 2.45) is 0 Å². The fourth-order valence-corrected chi connectivity index (χ4v) is 3.94. The SMILES string of the molecule is Cc1[nH][nH]c(=O)c1C(c1cc(C(C)(C)C)cc(C(C)(C)C)c1O)c1c(C)[nH][nH]c1=O. The van der Waals surface area contributed by atoms with E-state index in [0.717, 1.165) is 11.1 Å². The maximum atomic E-state index is 12.8. The zero-order chi connectivity index (χ0) is 22.6. The minimum Gasteiger partial charge on any atom is -0.507 e. The Morgan fingerprint density at radius 3 is 1.57 bits per heavy atom. The second kappa shape index (κ2) is 7.07. The van der Waals surface area contributed by atoms with Gasteiger partial charge >= 0.3 is 0 Å². The molecule has 0 aliphatic rings. The number of hydrogen-bond donors (Lipinski definition) is 5. The van der Waals surface area contributed by atoms with Gasteiger partial charge in [-0.05, 0) is 35.8 Å². The summed E-state index contributed by atoms with van der Waals surface area (Å²) in [5.74, 6) is -0.612. The Hall–Kier alpha value is -2.96. The molecule has 0 radical (unpaired) electrons. The van der Waals surface area contributed by atoms with Crippen molar-refractivity contribution in [3.05, 3.63) is 72.0 Å². The van der Waals surface area contributed by atoms with Gasteiger partial charge in [-0.15, -0.1) is 0 Å². The summed E-state index contributed by atoms with van der Waals surface area (Å²) in [5, 5.41) is 22.3. The molecule has 0 atom stereocenters. The number of aromatic amines is 4. The first-order valence-electron chi connectivity index (χ1n) is 10.2. The van der Waals surface area contributed by atoms with Crippen molar-refractivity contribution in [3.8, 4) is 5.75 Å². The van der Waals surface area contributed by atoms with Crippen molar-refractivity contribution in [2.45, 2.75) is 72.1 Å². The molecule has 0 fully saturated rings. The second-order valence-electron chi connectivity index (χ2n) is 10.1. The van der Waals surface area contributed by atoms with E-state index in [4.69, 9.17) is 0 Å². The van der Waals surface area contributed by atoms with E-state index < -0.39 is 5.92 Å². The molecule has 0 spiro atoms. The van der Waals surface area contributed by atoms with Crippen LogP contribution < -0.4 is 11.1 Å². The number of aromatic nitrogens is 4. The van der Waals surface area contributed by atoms with Crippen LogP contribution in [0.25, 0.3) is 0 Å². The molecule has 0 aliphatic heterocycles. The van der Waals surface area contributed by atoms with Crippen LogP contribution in [0, 0.1) is 13.8 Å². The summed E-state index contributed by atoms with van der Waals surface area (Å²) in [7, 11) is 0. The van der Waals surface area contributed by atoms with Crippen LogP contribution in [0.5, 0.6) is 5.75 Å². The van der Waals surface area contributed by atoms with Gasteiger partial charge in [0.1, 0.15) is 5.75 Å². The lowest BCUT2D eigenvalue weighted by atomic mass is 9.75. The number of phenolic OH excluding ortho intramolecular Hbond substituents is 1. The molecular weight excluding hydrogens is 380 g/mol. The predicted octanol–water partition coefficient (Wildman–Crippen LogP) is 3.82. The average molecular weight is 413 g/mol. The van der Waals surface area contributed by atoms with Gasteiger partial charge in [-0.1, -0.05) is 53.7 Å². The summed E-state index contributed by atoms with van der Waals surface area (Å²) in [6.45, 7) is 16.0. The Bertz CT molecular complexity index is 1140. The third-order valence-corrected chi connectivity index (χ3v) is 5.73. The molecule has 1 aromatic carbocycles. The second-order valence-corrected chi connectivity index (χ2v) is 10.1. The zero-order valence-corrected chi connectivity index (χ0v) is 19.0. The Kier molecular flexibility index (Phi) is 5.13. The number of benzene rings is 1. The minimum absolute atomic E-state index is 0.112. The van der Waals surface area contributed by atoms with E-state index in [9.17, 15) is 14.7 Å². The van der Waals surface area contributed by atoms with Crippen molar-refractivity contribution in [2.75, 3.05) is 0 Å². The molecule has 2 heterocycles. The van der Waals surface area contributed by atoms with Crippen molar-refractivity contribution in [3.63, 3.8) is 0 Å². The number of aryl methyl sites for hydroxylation is 2. The lowest BCUT2D eigenvalue weighted by Crippen LogP contribution is -2.23. The summed E-state index contributed by atoms with van der Waals surface area (Å²) < 4.78 is 0. The summed E-state index contributed by atoms with van der Waals surface area (Å²) in [5.41, 5.74) is 3.32. The Morgan fingerprint density at radius 1 is 0.767 bits per heavy atom. The summed E-state index contributed by atoms with van der Waals surface area (Å²) in [6.07, 6.45) is 0. The van der Waals surface area contributed by atoms with Crippen molar-refractivity contribution < 1.29 is 5.11 Å². The lowest BCUT2D eigenvalue weighted by molar-refractivity contribution is 0.437. The van der Waals surface area contributed by atoms with Crippen LogP contribution in [0.3, 0.4) is 0 Å². The minimum atomic E-state index is -0.724. The first kappa shape index (κ1) is 21.7. The van der Waals surface area contributed by atoms with Gasteiger partial charge in [-0.25, -0.2) is 0 Å². The van der Waals surface area contributed by atoms with E-state index in [1.165, 1.54) is 0 Å². The predicted molar refractivity (Wildman–Crippen MR) is 119 cm³/mol. The number of H-pyrrole nitrogens is 4. The van der Waals surface area contributed by atoms with E-state index >= 15 is 0 Å². The molecule has 5 N–H and O–H groups in total. The molecule has 162 valence electrons. The molecule has 7 heteroatoms. The van der Waals surface area contributed by atoms with Crippen LogP contribution >= 0.6 is 0 Å². The fraction of sp³-hybridized carbons (Fsp3) is 0.478. The average Bonchev–Trinajstić information content (AvgIpc) is 3.11. The highest BCUT2D eigenvalue weighted by molar-refractivity contribution is 5.56. The van der Waals surface area contributed by atoms with Crippen LogP contribution in [-0.4, -0.2) is 25.5 Å². The third-order valence-electron chi connectivity index (χ3n) is 5.73. The molecule has 0 saturated carbocycles. The van der Waals surface area contributed by atoms with Gasteiger partial charge < -0.3 is 15.3 Å². The maximum absolute atomic E-state index is 12.8. The van der Waals surface area contributed by atoms with Crippen LogP contribution in [0.15, 0.2) is 21.7 Å². The number of hydrogen-bond acceptors (Lipinski definition) is 3. The highest BCUT2D eigenvalue weighted by Crippen LogP contribution is 2.44. The molecule has 0 aliphatic carbocycles. The van der Waals surface area contributed by atoms with E-state index in [-0.39, 0.29) is 27.7 Å². The molecule has 7 nitrogen and oxygen atoms in total. The Balaban J connectivity index is 2.49. The molecule has 30 heavy (non-hydrogen) atoms. The van der Waals surface area contributed by atoms with Crippen LogP contribution in [-0.2, 0) is 10.8 Å². The van der Waals surface area contributed by atoms with Crippen LogP contribution in [0.1, 0.15) is 86.7 Å². The molecule has 3 rings (SSSR count). The van der Waals surface area contributed by atoms with Crippen LogP contribution in [0.4, 0.5) is 0 Å². The van der Waals surface area contributed by atoms with Gasteiger partial charge in [0.25, 0.3) is 11.1 Å². The number of phenols is 1. The van der Waals surface area contributed by atoms with Gasteiger partial charge in [0.15, 0.2) is 0 Å². The largest absolute Gasteiger partial charge is 0.507 e. The quantitative estimate of drug-likeness (QED) is 0.450. The third kappa shape index (κ3) is 3.64. The summed E-state index contributed by atoms with van der Waals surface area (Å²) >= 11 is 0. The van der Waals surface area contributed by atoms with E-state index in [1.54, 1.807) is 13.8 Å². The molecule has 0 unspecified atom stereocenters. The molecule has 3 aromatic rings. The monoisotopic (exact) mass is 412 g/mol. The molecule has 0 saturated heterocycles. The standard InChI is InChI=1S/C23H32N4O3/c1-11-16(20(29)26-24-11)18(17-12(2)25-27-21(17)30)14-9-13(22(3,4)5)10-15(19(14)28)23(6,7)8/h9-10,18,28H,1-8H3,(H2,24,26,29)(H2,25,27,30). The molecule has 0 amide bonds. The smallest absolute Gasteiger partial charge is 0.268 e. The topological polar surface area (TPSA) is 118 Å². The highest BCUT2D eigenvalue weighted by Gasteiger charge is 2.34. The lowest BCUT2D eigenvalue weighted by Gasteiger charge is -2.29. The Morgan fingerprint density at radius 2 is 1.23 bits per heavy atom.